The number of carbonyl (C=O) groups is 2. The van der Waals surface area contributed by atoms with Crippen molar-refractivity contribution in [3.63, 3.8) is 0 Å². The number of amides is 2. The lowest BCUT2D eigenvalue weighted by Gasteiger charge is -2.40. The Labute approximate surface area is 122 Å². The molecule has 1 N–H and O–H groups in total. The van der Waals surface area contributed by atoms with Crippen LogP contribution in [-0.4, -0.2) is 43.3 Å². The number of hydrogen-bond donors (Lipinski definition) is 1. The summed E-state index contributed by atoms with van der Waals surface area (Å²) in [5.74, 6) is -0.729. The molecule has 0 saturated carbocycles. The summed E-state index contributed by atoms with van der Waals surface area (Å²) in [6, 6.07) is 8.53. The molecule has 0 bridgehead atoms. The van der Waals surface area contributed by atoms with E-state index in [2.05, 4.69) is 5.32 Å². The summed E-state index contributed by atoms with van der Waals surface area (Å²) in [4.78, 5) is 23.7. The molecule has 0 spiro atoms. The predicted molar refractivity (Wildman–Crippen MR) is 75.4 cm³/mol. The van der Waals surface area contributed by atoms with E-state index in [9.17, 15) is 14.2 Å². The third-order valence-electron chi connectivity index (χ3n) is 3.21. The number of carbonyl (C=O) groups excluding carboxylic acids is 2. The first-order valence-electron chi connectivity index (χ1n) is 6.37. The van der Waals surface area contributed by atoms with Crippen molar-refractivity contribution in [3.05, 3.63) is 35.9 Å². The molecule has 0 unspecified atom stereocenters. The van der Waals surface area contributed by atoms with E-state index in [1.807, 2.05) is 30.3 Å². The SMILES string of the molecule is COP(=O)(OC)N1C[C@H](NC(=O)Cc2ccccc2)C1=O. The summed E-state index contributed by atoms with van der Waals surface area (Å²) in [5.41, 5.74) is 0.859. The Balaban J connectivity index is 1.88. The molecule has 1 saturated heterocycles. The molecule has 114 valence electrons. The normalized spacial score (nSPS) is 18.3. The molecule has 1 atom stereocenters. The maximum absolute atomic E-state index is 12.0. The Kier molecular flexibility index (Phi) is 4.77. The summed E-state index contributed by atoms with van der Waals surface area (Å²) < 4.78 is 22.5. The number of β-lactam (4-membered cyclic amide) rings is 1. The van der Waals surface area contributed by atoms with Crippen LogP contribution < -0.4 is 5.32 Å². The monoisotopic (exact) mass is 312 g/mol. The van der Waals surface area contributed by atoms with Crippen LogP contribution in [0.5, 0.6) is 0 Å². The van der Waals surface area contributed by atoms with Crippen molar-refractivity contribution in [3.8, 4) is 0 Å². The molecule has 1 aromatic rings. The van der Waals surface area contributed by atoms with Gasteiger partial charge in [-0.05, 0) is 5.56 Å². The molecule has 2 rings (SSSR count). The fraction of sp³-hybridized carbons (Fsp3) is 0.385. The molecule has 1 aromatic carbocycles. The second kappa shape index (κ2) is 6.39. The van der Waals surface area contributed by atoms with Gasteiger partial charge in [-0.2, -0.15) is 0 Å². The summed E-state index contributed by atoms with van der Waals surface area (Å²) >= 11 is 0. The largest absolute Gasteiger partial charge is 0.437 e. The van der Waals surface area contributed by atoms with Crippen molar-refractivity contribution >= 4 is 19.6 Å². The first kappa shape index (κ1) is 15.7. The van der Waals surface area contributed by atoms with Crippen LogP contribution in [0.1, 0.15) is 5.56 Å². The van der Waals surface area contributed by atoms with E-state index in [0.29, 0.717) is 0 Å². The van der Waals surface area contributed by atoms with Gasteiger partial charge in [-0.3, -0.25) is 18.6 Å². The predicted octanol–water partition coefficient (Wildman–Crippen LogP) is 0.957. The summed E-state index contributed by atoms with van der Waals surface area (Å²) in [5, 5.41) is 2.60. The van der Waals surface area contributed by atoms with Gasteiger partial charge in [0.05, 0.1) is 13.0 Å². The van der Waals surface area contributed by atoms with Crippen LogP contribution in [0.3, 0.4) is 0 Å². The molecule has 1 aliphatic heterocycles. The Bertz CT molecular complexity index is 569. The van der Waals surface area contributed by atoms with Crippen molar-refractivity contribution in [1.82, 2.24) is 9.99 Å². The minimum absolute atomic E-state index is 0.109. The number of benzene rings is 1. The number of hydrogen-bond acceptors (Lipinski definition) is 5. The highest BCUT2D eigenvalue weighted by Crippen LogP contribution is 2.53. The Morgan fingerprint density at radius 3 is 2.48 bits per heavy atom. The molecule has 8 heteroatoms. The van der Waals surface area contributed by atoms with E-state index in [4.69, 9.17) is 9.05 Å². The number of rotatable bonds is 6. The molecular formula is C13H17N2O5P. The van der Waals surface area contributed by atoms with Crippen molar-refractivity contribution in [1.29, 1.82) is 0 Å². The average molecular weight is 312 g/mol. The molecule has 0 radical (unpaired) electrons. The highest BCUT2D eigenvalue weighted by atomic mass is 31.2. The summed E-state index contributed by atoms with van der Waals surface area (Å²) in [6.07, 6.45) is 0.191. The molecule has 21 heavy (non-hydrogen) atoms. The molecular weight excluding hydrogens is 295 g/mol. The van der Waals surface area contributed by atoms with E-state index >= 15 is 0 Å². The first-order chi connectivity index (χ1) is 10.00. The zero-order chi connectivity index (χ0) is 15.5. The zero-order valence-corrected chi connectivity index (χ0v) is 12.7. The summed E-state index contributed by atoms with van der Waals surface area (Å²) in [6.45, 7) is 0.109. The van der Waals surface area contributed by atoms with Gasteiger partial charge in [-0.15, -0.1) is 0 Å². The molecule has 0 aliphatic carbocycles. The van der Waals surface area contributed by atoms with E-state index in [0.717, 1.165) is 10.2 Å². The molecule has 1 heterocycles. The van der Waals surface area contributed by atoms with Crippen molar-refractivity contribution in [2.24, 2.45) is 0 Å². The second-order valence-corrected chi connectivity index (χ2v) is 6.69. The fourth-order valence-electron chi connectivity index (χ4n) is 2.03. The smallest absolute Gasteiger partial charge is 0.342 e. The minimum Gasteiger partial charge on any atom is -0.342 e. The Morgan fingerprint density at radius 1 is 1.33 bits per heavy atom. The standard InChI is InChI=1S/C13H17N2O5P/c1-19-21(18,20-2)15-9-11(13(15)17)14-12(16)8-10-6-4-3-5-7-10/h3-7,11H,8-9H2,1-2H3,(H,14,16)/t11-/m0/s1. The van der Waals surface area contributed by atoms with Gasteiger partial charge in [0.1, 0.15) is 6.04 Å². The van der Waals surface area contributed by atoms with Gasteiger partial charge in [-0.25, -0.2) is 9.24 Å². The average Bonchev–Trinajstić information content (AvgIpc) is 2.51. The van der Waals surface area contributed by atoms with Crippen LogP contribution in [0.4, 0.5) is 0 Å². The van der Waals surface area contributed by atoms with E-state index in [-0.39, 0.29) is 18.9 Å². The molecule has 1 aliphatic rings. The van der Waals surface area contributed by atoms with Crippen LogP contribution in [0.15, 0.2) is 30.3 Å². The molecule has 0 aromatic heterocycles. The molecule has 1 fully saturated rings. The number of nitrogens with zero attached hydrogens (tertiary/aromatic N) is 1. The van der Waals surface area contributed by atoms with Crippen LogP contribution >= 0.6 is 7.75 Å². The van der Waals surface area contributed by atoms with E-state index in [1.54, 1.807) is 0 Å². The lowest BCUT2D eigenvalue weighted by Crippen LogP contribution is -2.62. The van der Waals surface area contributed by atoms with Crippen LogP contribution in [0.25, 0.3) is 0 Å². The van der Waals surface area contributed by atoms with Crippen LogP contribution in [-0.2, 0) is 29.6 Å². The maximum atomic E-state index is 12.0. The zero-order valence-electron chi connectivity index (χ0n) is 11.8. The van der Waals surface area contributed by atoms with Gasteiger partial charge in [0.2, 0.25) is 5.91 Å². The quantitative estimate of drug-likeness (QED) is 0.624. The first-order valence-corrected chi connectivity index (χ1v) is 7.86. The second-order valence-electron chi connectivity index (χ2n) is 4.54. The van der Waals surface area contributed by atoms with Crippen LogP contribution in [0, 0.1) is 0 Å². The van der Waals surface area contributed by atoms with Gasteiger partial charge in [-0.1, -0.05) is 30.3 Å². The topological polar surface area (TPSA) is 84.9 Å². The third kappa shape index (κ3) is 3.32. The highest BCUT2D eigenvalue weighted by Gasteiger charge is 2.48. The maximum Gasteiger partial charge on any atom is 0.437 e. The third-order valence-corrected chi connectivity index (χ3v) is 5.08. The highest BCUT2D eigenvalue weighted by molar-refractivity contribution is 7.52. The minimum atomic E-state index is -3.56. The Morgan fingerprint density at radius 2 is 1.95 bits per heavy atom. The number of nitrogens with one attached hydrogen (secondary N) is 1. The van der Waals surface area contributed by atoms with Crippen molar-refractivity contribution < 1.29 is 23.2 Å². The van der Waals surface area contributed by atoms with Crippen LogP contribution in [0.2, 0.25) is 0 Å². The van der Waals surface area contributed by atoms with Crippen molar-refractivity contribution in [2.45, 2.75) is 12.5 Å². The Hall–Kier alpha value is -1.69. The lowest BCUT2D eigenvalue weighted by atomic mass is 10.1. The molecule has 7 nitrogen and oxygen atoms in total. The molecule has 2 amide bonds. The fourth-order valence-corrected chi connectivity index (χ4v) is 3.32. The van der Waals surface area contributed by atoms with Gasteiger partial charge >= 0.3 is 7.75 Å². The van der Waals surface area contributed by atoms with Gasteiger partial charge in [0, 0.05) is 14.2 Å². The van der Waals surface area contributed by atoms with Gasteiger partial charge < -0.3 is 5.32 Å². The summed E-state index contributed by atoms with van der Waals surface area (Å²) in [7, 11) is -1.14. The van der Waals surface area contributed by atoms with Crippen molar-refractivity contribution in [2.75, 3.05) is 20.8 Å². The lowest BCUT2D eigenvalue weighted by molar-refractivity contribution is -0.141. The van der Waals surface area contributed by atoms with Gasteiger partial charge in [0.25, 0.3) is 5.91 Å². The van der Waals surface area contributed by atoms with E-state index in [1.165, 1.54) is 14.2 Å². The van der Waals surface area contributed by atoms with Gasteiger partial charge in [0.15, 0.2) is 0 Å². The van der Waals surface area contributed by atoms with E-state index < -0.39 is 19.7 Å².